The molecule has 2 saturated heterocycles. The van der Waals surface area contributed by atoms with Gasteiger partial charge in [0.1, 0.15) is 5.82 Å². The van der Waals surface area contributed by atoms with Crippen LogP contribution in [-0.2, 0) is 20.3 Å². The first-order valence-corrected chi connectivity index (χ1v) is 13.5. The zero-order valence-corrected chi connectivity index (χ0v) is 20.3. The number of nitrogens with zero attached hydrogens (tertiary/aromatic N) is 4. The van der Waals surface area contributed by atoms with Crippen LogP contribution in [0, 0.1) is 0 Å². The SMILES string of the molecule is C[C@H]1COCCN1c1cc(CS(C)(=O)=O)nc(-c2ccc(NC(=O)N3CCCC(O)C3)cc2)n1. The van der Waals surface area contributed by atoms with Gasteiger partial charge >= 0.3 is 6.03 Å². The normalized spacial score (nSPS) is 21.4. The lowest BCUT2D eigenvalue weighted by atomic mass is 10.1. The van der Waals surface area contributed by atoms with Crippen molar-refractivity contribution in [3.8, 4) is 11.4 Å². The van der Waals surface area contributed by atoms with Gasteiger partial charge < -0.3 is 25.0 Å². The topological polar surface area (TPSA) is 125 Å². The minimum absolute atomic E-state index is 0.105. The summed E-state index contributed by atoms with van der Waals surface area (Å²) in [7, 11) is -3.28. The molecular formula is C23H31N5O5S. The van der Waals surface area contributed by atoms with Gasteiger partial charge in [-0.05, 0) is 44.0 Å². The third kappa shape index (κ3) is 6.22. The summed E-state index contributed by atoms with van der Waals surface area (Å²) in [6.45, 7) is 4.79. The molecule has 2 aromatic rings. The molecule has 11 heteroatoms. The fourth-order valence-corrected chi connectivity index (χ4v) is 4.90. The lowest BCUT2D eigenvalue weighted by molar-refractivity contribution is 0.0883. The Morgan fingerprint density at radius 3 is 2.68 bits per heavy atom. The summed E-state index contributed by atoms with van der Waals surface area (Å²) in [5, 5.41) is 12.7. The number of aliphatic hydroxyl groups excluding tert-OH is 1. The lowest BCUT2D eigenvalue weighted by Gasteiger charge is -2.34. The third-order valence-electron chi connectivity index (χ3n) is 5.92. The molecule has 4 rings (SSSR count). The molecular weight excluding hydrogens is 458 g/mol. The lowest BCUT2D eigenvalue weighted by Crippen LogP contribution is -2.44. The number of morpholine rings is 1. The smallest absolute Gasteiger partial charge is 0.321 e. The van der Waals surface area contributed by atoms with Crippen molar-refractivity contribution < 1.29 is 23.1 Å². The Morgan fingerprint density at radius 1 is 1.24 bits per heavy atom. The molecule has 2 aliphatic rings. The van der Waals surface area contributed by atoms with Crippen LogP contribution in [0.2, 0.25) is 0 Å². The standard InChI is InChI=1S/C23H31N5O5S/c1-16-14-33-11-10-28(16)21-12-19(15-34(2,31)32)24-22(26-21)17-5-7-18(8-6-17)25-23(30)27-9-3-4-20(29)13-27/h5-8,12,16,20,29H,3-4,9-11,13-15H2,1-2H3,(H,25,30)/t16-,20?/m0/s1. The Morgan fingerprint density at radius 2 is 2.00 bits per heavy atom. The van der Waals surface area contributed by atoms with Crippen LogP contribution in [0.1, 0.15) is 25.5 Å². The van der Waals surface area contributed by atoms with Crippen LogP contribution in [0.25, 0.3) is 11.4 Å². The number of ether oxygens (including phenoxy) is 1. The van der Waals surface area contributed by atoms with Gasteiger partial charge in [0, 0.05) is 43.2 Å². The first kappa shape index (κ1) is 24.4. The van der Waals surface area contributed by atoms with Gasteiger partial charge in [-0.2, -0.15) is 0 Å². The van der Waals surface area contributed by atoms with E-state index < -0.39 is 15.9 Å². The summed E-state index contributed by atoms with van der Waals surface area (Å²) in [6.07, 6.45) is 2.19. The summed E-state index contributed by atoms with van der Waals surface area (Å²) in [5.41, 5.74) is 1.76. The number of carbonyl (C=O) groups excluding carboxylic acids is 1. The van der Waals surface area contributed by atoms with Crippen molar-refractivity contribution in [1.29, 1.82) is 0 Å². The zero-order valence-electron chi connectivity index (χ0n) is 19.5. The van der Waals surface area contributed by atoms with E-state index >= 15 is 0 Å². The van der Waals surface area contributed by atoms with Crippen LogP contribution in [0.15, 0.2) is 30.3 Å². The molecule has 3 heterocycles. The maximum atomic E-state index is 12.5. The van der Waals surface area contributed by atoms with Crippen molar-refractivity contribution in [3.05, 3.63) is 36.0 Å². The van der Waals surface area contributed by atoms with Crippen molar-refractivity contribution in [2.24, 2.45) is 0 Å². The molecule has 184 valence electrons. The number of rotatable bonds is 5. The van der Waals surface area contributed by atoms with Crippen LogP contribution in [0.3, 0.4) is 0 Å². The molecule has 2 amide bonds. The van der Waals surface area contributed by atoms with E-state index in [0.29, 0.717) is 67.9 Å². The highest BCUT2D eigenvalue weighted by Crippen LogP contribution is 2.25. The van der Waals surface area contributed by atoms with E-state index in [1.54, 1.807) is 35.2 Å². The third-order valence-corrected chi connectivity index (χ3v) is 6.74. The Balaban J connectivity index is 1.56. The number of urea groups is 1. The van der Waals surface area contributed by atoms with Crippen LogP contribution in [0.5, 0.6) is 0 Å². The molecule has 0 radical (unpaired) electrons. The molecule has 2 fully saturated rings. The van der Waals surface area contributed by atoms with Crippen molar-refractivity contribution in [2.45, 2.75) is 37.7 Å². The number of hydrogen-bond acceptors (Lipinski definition) is 8. The number of piperidine rings is 1. The number of sulfone groups is 1. The number of carbonyl (C=O) groups is 1. The van der Waals surface area contributed by atoms with E-state index in [9.17, 15) is 18.3 Å². The predicted octanol–water partition coefficient (Wildman–Crippen LogP) is 1.90. The van der Waals surface area contributed by atoms with Crippen LogP contribution in [0.4, 0.5) is 16.3 Å². The van der Waals surface area contributed by atoms with Gasteiger partial charge in [0.15, 0.2) is 15.7 Å². The number of nitrogens with one attached hydrogen (secondary N) is 1. The van der Waals surface area contributed by atoms with Gasteiger partial charge in [0.2, 0.25) is 0 Å². The molecule has 2 aliphatic heterocycles. The average Bonchev–Trinajstić information content (AvgIpc) is 2.78. The number of likely N-dealkylation sites (tertiary alicyclic amines) is 1. The molecule has 2 atom stereocenters. The molecule has 1 unspecified atom stereocenters. The van der Waals surface area contributed by atoms with Crippen molar-refractivity contribution in [3.63, 3.8) is 0 Å². The number of amides is 2. The first-order chi connectivity index (χ1) is 16.2. The number of β-amino-alcohol motifs (C(OH)–C–C–N with tert-alkyl or cyclic N) is 1. The molecule has 1 aromatic heterocycles. The molecule has 0 bridgehead atoms. The quantitative estimate of drug-likeness (QED) is 0.653. The Labute approximate surface area is 199 Å². The predicted molar refractivity (Wildman–Crippen MR) is 129 cm³/mol. The molecule has 10 nitrogen and oxygen atoms in total. The second-order valence-corrected chi connectivity index (χ2v) is 11.1. The van der Waals surface area contributed by atoms with Gasteiger partial charge in [-0.25, -0.2) is 23.2 Å². The molecule has 34 heavy (non-hydrogen) atoms. The minimum atomic E-state index is -3.28. The Hall–Kier alpha value is -2.76. The second-order valence-electron chi connectivity index (χ2n) is 8.98. The number of anilines is 2. The molecule has 0 saturated carbocycles. The maximum Gasteiger partial charge on any atom is 0.321 e. The zero-order chi connectivity index (χ0) is 24.3. The van der Waals surface area contributed by atoms with Crippen LogP contribution in [-0.4, -0.2) is 85.7 Å². The van der Waals surface area contributed by atoms with Gasteiger partial charge in [-0.15, -0.1) is 0 Å². The molecule has 0 aliphatic carbocycles. The van der Waals surface area contributed by atoms with E-state index in [4.69, 9.17) is 9.72 Å². The average molecular weight is 490 g/mol. The van der Waals surface area contributed by atoms with Crippen molar-refractivity contribution in [2.75, 3.05) is 49.3 Å². The maximum absolute atomic E-state index is 12.5. The van der Waals surface area contributed by atoms with Gasteiger partial charge in [0.25, 0.3) is 0 Å². The van der Waals surface area contributed by atoms with E-state index in [2.05, 4.69) is 15.2 Å². The van der Waals surface area contributed by atoms with Crippen molar-refractivity contribution >= 4 is 27.4 Å². The molecule has 1 aromatic carbocycles. The second kappa shape index (κ2) is 10.2. The van der Waals surface area contributed by atoms with E-state index in [1.165, 1.54) is 6.26 Å². The van der Waals surface area contributed by atoms with Gasteiger partial charge in [0.05, 0.1) is 36.8 Å². The number of benzene rings is 1. The van der Waals surface area contributed by atoms with Crippen LogP contribution >= 0.6 is 0 Å². The Kier molecular flexibility index (Phi) is 7.34. The van der Waals surface area contributed by atoms with Gasteiger partial charge in [-0.1, -0.05) is 0 Å². The molecule has 2 N–H and O–H groups in total. The van der Waals surface area contributed by atoms with Crippen LogP contribution < -0.4 is 10.2 Å². The molecule has 0 spiro atoms. The van der Waals surface area contributed by atoms with E-state index in [-0.39, 0.29) is 17.8 Å². The summed E-state index contributed by atoms with van der Waals surface area (Å²) in [6, 6.07) is 8.71. The highest BCUT2D eigenvalue weighted by Gasteiger charge is 2.24. The highest BCUT2D eigenvalue weighted by atomic mass is 32.2. The van der Waals surface area contributed by atoms with Crippen molar-refractivity contribution in [1.82, 2.24) is 14.9 Å². The minimum Gasteiger partial charge on any atom is -0.391 e. The summed E-state index contributed by atoms with van der Waals surface area (Å²) in [5.74, 6) is 0.914. The van der Waals surface area contributed by atoms with E-state index in [0.717, 1.165) is 6.42 Å². The summed E-state index contributed by atoms with van der Waals surface area (Å²) >= 11 is 0. The van der Waals surface area contributed by atoms with E-state index in [1.807, 2.05) is 6.92 Å². The first-order valence-electron chi connectivity index (χ1n) is 11.4. The largest absolute Gasteiger partial charge is 0.391 e. The fraction of sp³-hybridized carbons (Fsp3) is 0.522. The number of hydrogen-bond donors (Lipinski definition) is 2. The number of aromatic nitrogens is 2. The highest BCUT2D eigenvalue weighted by molar-refractivity contribution is 7.89. The number of aliphatic hydroxyl groups is 1. The Bertz CT molecular complexity index is 1130. The van der Waals surface area contributed by atoms with Gasteiger partial charge in [-0.3, -0.25) is 0 Å². The monoisotopic (exact) mass is 489 g/mol. The fourth-order valence-electron chi connectivity index (χ4n) is 4.21. The summed E-state index contributed by atoms with van der Waals surface area (Å²) < 4.78 is 29.4. The summed E-state index contributed by atoms with van der Waals surface area (Å²) in [4.78, 5) is 25.4.